The number of nitrogens with zero attached hydrogens (tertiary/aromatic N) is 1. The van der Waals surface area contributed by atoms with E-state index in [1.807, 2.05) is 6.07 Å². The molecule has 1 unspecified atom stereocenters. The van der Waals surface area contributed by atoms with E-state index >= 15 is 0 Å². The van der Waals surface area contributed by atoms with E-state index in [1.165, 1.54) is 27.2 Å². The van der Waals surface area contributed by atoms with Gasteiger partial charge in [-0.2, -0.15) is 0 Å². The molecule has 0 fully saturated rings. The first-order valence-electron chi connectivity index (χ1n) is 7.82. The van der Waals surface area contributed by atoms with E-state index < -0.39 is 11.7 Å². The maximum Gasteiger partial charge on any atom is 0.230 e. The minimum atomic E-state index is -1.29. The van der Waals surface area contributed by atoms with Crippen molar-refractivity contribution in [3.05, 3.63) is 24.5 Å². The second-order valence-electron chi connectivity index (χ2n) is 6.26. The van der Waals surface area contributed by atoms with Crippen LogP contribution in [0.3, 0.4) is 0 Å². The number of aromatic nitrogens is 1. The lowest BCUT2D eigenvalue weighted by Crippen LogP contribution is -2.40. The zero-order chi connectivity index (χ0) is 18.2. The van der Waals surface area contributed by atoms with Gasteiger partial charge in [0.1, 0.15) is 24.0 Å². The van der Waals surface area contributed by atoms with Crippen molar-refractivity contribution in [2.75, 3.05) is 20.8 Å². The highest BCUT2D eigenvalue weighted by Crippen LogP contribution is 2.41. The SMILES string of the molecule is COc1ccc2c(OC)c3ccoc3nc2c1OCC(O)C(C)(C)O. The van der Waals surface area contributed by atoms with Crippen LogP contribution < -0.4 is 14.2 Å². The lowest BCUT2D eigenvalue weighted by Gasteiger charge is -2.25. The Kier molecular flexibility index (Phi) is 4.45. The Balaban J connectivity index is 2.14. The van der Waals surface area contributed by atoms with E-state index in [1.54, 1.807) is 19.2 Å². The van der Waals surface area contributed by atoms with Crippen LogP contribution in [0.4, 0.5) is 0 Å². The average molecular weight is 347 g/mol. The summed E-state index contributed by atoms with van der Waals surface area (Å²) in [6.45, 7) is 2.89. The van der Waals surface area contributed by atoms with Gasteiger partial charge in [-0.3, -0.25) is 0 Å². The number of ether oxygens (including phenoxy) is 3. The van der Waals surface area contributed by atoms with Crippen LogP contribution in [-0.2, 0) is 0 Å². The number of methoxy groups -OCH3 is 2. The van der Waals surface area contributed by atoms with E-state index in [0.29, 0.717) is 28.5 Å². The number of hydrogen-bond acceptors (Lipinski definition) is 7. The van der Waals surface area contributed by atoms with Gasteiger partial charge in [-0.05, 0) is 32.0 Å². The number of furan rings is 1. The van der Waals surface area contributed by atoms with Crippen LogP contribution >= 0.6 is 0 Å². The van der Waals surface area contributed by atoms with Gasteiger partial charge in [-0.15, -0.1) is 0 Å². The number of pyridine rings is 1. The molecule has 2 heterocycles. The molecular formula is C18H21NO6. The maximum atomic E-state index is 10.0. The molecule has 1 aromatic carbocycles. The first-order valence-corrected chi connectivity index (χ1v) is 7.82. The third-order valence-electron chi connectivity index (χ3n) is 4.07. The topological polar surface area (TPSA) is 94.2 Å². The molecular weight excluding hydrogens is 326 g/mol. The summed E-state index contributed by atoms with van der Waals surface area (Å²) in [5.74, 6) is 1.42. The predicted molar refractivity (Wildman–Crippen MR) is 92.4 cm³/mol. The second-order valence-corrected chi connectivity index (χ2v) is 6.26. The summed E-state index contributed by atoms with van der Waals surface area (Å²) in [4.78, 5) is 4.50. The van der Waals surface area contributed by atoms with Gasteiger partial charge >= 0.3 is 0 Å². The summed E-state index contributed by atoms with van der Waals surface area (Å²) in [7, 11) is 3.09. The van der Waals surface area contributed by atoms with Crippen molar-refractivity contribution in [2.45, 2.75) is 25.6 Å². The van der Waals surface area contributed by atoms with Gasteiger partial charge in [-0.25, -0.2) is 4.98 Å². The van der Waals surface area contributed by atoms with Gasteiger partial charge in [0, 0.05) is 5.39 Å². The van der Waals surface area contributed by atoms with Gasteiger partial charge in [0.05, 0.1) is 31.5 Å². The zero-order valence-electron chi connectivity index (χ0n) is 14.6. The molecule has 7 heteroatoms. The van der Waals surface area contributed by atoms with Crippen molar-refractivity contribution >= 4 is 22.0 Å². The third kappa shape index (κ3) is 3.08. The highest BCUT2D eigenvalue weighted by Gasteiger charge is 2.26. The summed E-state index contributed by atoms with van der Waals surface area (Å²) < 4.78 is 22.0. The number of hydrogen-bond donors (Lipinski definition) is 2. The molecule has 0 aliphatic rings. The summed E-state index contributed by atoms with van der Waals surface area (Å²) in [6.07, 6.45) is 0.455. The zero-order valence-corrected chi connectivity index (χ0v) is 14.6. The van der Waals surface area contributed by atoms with Crippen molar-refractivity contribution in [2.24, 2.45) is 0 Å². The lowest BCUT2D eigenvalue weighted by molar-refractivity contribution is -0.0662. The molecule has 7 nitrogen and oxygen atoms in total. The normalized spacial score (nSPS) is 13.2. The summed E-state index contributed by atoms with van der Waals surface area (Å²) in [5.41, 5.74) is -0.399. The molecule has 0 saturated heterocycles. The summed E-state index contributed by atoms with van der Waals surface area (Å²) >= 11 is 0. The fourth-order valence-corrected chi connectivity index (χ4v) is 2.54. The van der Waals surface area contributed by atoms with E-state index in [4.69, 9.17) is 18.6 Å². The monoisotopic (exact) mass is 347 g/mol. The number of aliphatic hydroxyl groups is 2. The summed E-state index contributed by atoms with van der Waals surface area (Å²) in [5, 5.41) is 21.4. The third-order valence-corrected chi connectivity index (χ3v) is 4.07. The first-order chi connectivity index (χ1) is 11.9. The maximum absolute atomic E-state index is 10.0. The quantitative estimate of drug-likeness (QED) is 0.707. The van der Waals surface area contributed by atoms with Gasteiger partial charge in [0.25, 0.3) is 0 Å². The van der Waals surface area contributed by atoms with Crippen molar-refractivity contribution in [3.8, 4) is 17.2 Å². The van der Waals surface area contributed by atoms with Crippen molar-refractivity contribution in [1.29, 1.82) is 0 Å². The Morgan fingerprint density at radius 2 is 1.88 bits per heavy atom. The number of fused-ring (bicyclic) bond motifs is 2. The minimum Gasteiger partial charge on any atom is -0.495 e. The number of rotatable bonds is 6. The van der Waals surface area contributed by atoms with Crippen molar-refractivity contribution in [3.63, 3.8) is 0 Å². The Hall–Kier alpha value is -2.51. The lowest BCUT2D eigenvalue weighted by atomic mass is 10.0. The Bertz CT molecular complexity index is 896. The second kappa shape index (κ2) is 6.42. The smallest absolute Gasteiger partial charge is 0.230 e. The van der Waals surface area contributed by atoms with Crippen LogP contribution in [0.2, 0.25) is 0 Å². The molecule has 2 N–H and O–H groups in total. The molecule has 1 atom stereocenters. The van der Waals surface area contributed by atoms with Crippen LogP contribution in [0.5, 0.6) is 17.2 Å². The van der Waals surface area contributed by atoms with E-state index in [-0.39, 0.29) is 6.61 Å². The molecule has 25 heavy (non-hydrogen) atoms. The van der Waals surface area contributed by atoms with Crippen LogP contribution in [0.25, 0.3) is 22.0 Å². The van der Waals surface area contributed by atoms with Crippen molar-refractivity contribution in [1.82, 2.24) is 4.98 Å². The van der Waals surface area contributed by atoms with Gasteiger partial charge in [-0.1, -0.05) is 0 Å². The molecule has 0 aliphatic heterocycles. The fourth-order valence-electron chi connectivity index (χ4n) is 2.54. The Morgan fingerprint density at radius 1 is 1.12 bits per heavy atom. The molecule has 0 aliphatic carbocycles. The van der Waals surface area contributed by atoms with Crippen LogP contribution in [0.15, 0.2) is 28.9 Å². The Labute approximate surface area is 144 Å². The molecule has 0 saturated carbocycles. The molecule has 0 bridgehead atoms. The predicted octanol–water partition coefficient (Wildman–Crippen LogP) is 2.51. The summed E-state index contributed by atoms with van der Waals surface area (Å²) in [6, 6.07) is 5.35. The first kappa shape index (κ1) is 17.3. The molecule has 3 rings (SSSR count). The molecule has 2 aromatic heterocycles. The van der Waals surface area contributed by atoms with E-state index in [9.17, 15) is 10.2 Å². The van der Waals surface area contributed by atoms with E-state index in [0.717, 1.165) is 10.8 Å². The van der Waals surface area contributed by atoms with Gasteiger partial charge in [0.15, 0.2) is 11.5 Å². The molecule has 3 aromatic rings. The van der Waals surface area contributed by atoms with Gasteiger partial charge in [0.2, 0.25) is 5.71 Å². The number of benzene rings is 1. The molecule has 0 spiro atoms. The fraction of sp³-hybridized carbons (Fsp3) is 0.389. The highest BCUT2D eigenvalue weighted by molar-refractivity contribution is 6.02. The van der Waals surface area contributed by atoms with Crippen molar-refractivity contribution < 1.29 is 28.8 Å². The largest absolute Gasteiger partial charge is 0.495 e. The molecule has 0 radical (unpaired) electrons. The standard InChI is InChI=1S/C18H21NO6/c1-18(2,21)13(20)9-25-16-12(22-3)6-5-10-14(16)19-17-11(7-8-24-17)15(10)23-4/h5-8,13,20-21H,9H2,1-4H3. The van der Waals surface area contributed by atoms with Crippen LogP contribution in [-0.4, -0.2) is 47.7 Å². The van der Waals surface area contributed by atoms with E-state index in [2.05, 4.69) is 4.98 Å². The Morgan fingerprint density at radius 3 is 2.52 bits per heavy atom. The highest BCUT2D eigenvalue weighted by atomic mass is 16.5. The molecule has 0 amide bonds. The number of aliphatic hydroxyl groups excluding tert-OH is 1. The van der Waals surface area contributed by atoms with Crippen LogP contribution in [0, 0.1) is 0 Å². The van der Waals surface area contributed by atoms with Crippen LogP contribution in [0.1, 0.15) is 13.8 Å². The molecule has 134 valence electrons. The minimum absolute atomic E-state index is 0.126. The van der Waals surface area contributed by atoms with Gasteiger partial charge < -0.3 is 28.8 Å². The average Bonchev–Trinajstić information content (AvgIpc) is 3.04.